The van der Waals surface area contributed by atoms with Crippen LogP contribution in [0.15, 0.2) is 29.3 Å². The van der Waals surface area contributed by atoms with Crippen LogP contribution in [0.4, 0.5) is 11.4 Å². The molecule has 130 valence electrons. The number of nitrogens with zero attached hydrogens (tertiary/aromatic N) is 3. The molecule has 1 aliphatic heterocycles. The van der Waals surface area contributed by atoms with E-state index in [1.807, 2.05) is 19.1 Å². The summed E-state index contributed by atoms with van der Waals surface area (Å²) in [5, 5.41) is 2.99. The quantitative estimate of drug-likeness (QED) is 0.672. The molecule has 3 N–H and O–H groups in total. The molecule has 4 rings (SSSR count). The zero-order valence-electron chi connectivity index (χ0n) is 14.0. The molecular formula is C17H20N6O2. The van der Waals surface area contributed by atoms with Crippen molar-refractivity contribution in [3.05, 3.63) is 40.8 Å². The Bertz CT molecular complexity index is 977. The fraction of sp³-hybridized carbons (Fsp3) is 0.353. The smallest absolute Gasteiger partial charge is 0.323 e. The van der Waals surface area contributed by atoms with Crippen LogP contribution in [0.2, 0.25) is 0 Å². The number of amides is 1. The monoisotopic (exact) mass is 340 g/mol. The van der Waals surface area contributed by atoms with Gasteiger partial charge in [-0.15, -0.1) is 0 Å². The number of H-pyrrole nitrogens is 2. The van der Waals surface area contributed by atoms with E-state index in [-0.39, 0.29) is 18.1 Å². The van der Waals surface area contributed by atoms with Gasteiger partial charge in [0.1, 0.15) is 12.4 Å². The maximum absolute atomic E-state index is 12.5. The van der Waals surface area contributed by atoms with Crippen LogP contribution in [0, 0.1) is 6.92 Å². The van der Waals surface area contributed by atoms with E-state index in [0.29, 0.717) is 11.2 Å². The van der Waals surface area contributed by atoms with Crippen molar-refractivity contribution in [2.75, 3.05) is 23.3 Å². The molecule has 0 atom stereocenters. The number of fused-ring (bicyclic) bond motifs is 1. The summed E-state index contributed by atoms with van der Waals surface area (Å²) in [5.74, 6) is 0.666. The van der Waals surface area contributed by atoms with Gasteiger partial charge in [0, 0.05) is 25.5 Å². The Kier molecular flexibility index (Phi) is 3.79. The van der Waals surface area contributed by atoms with Crippen LogP contribution in [0.5, 0.6) is 0 Å². The number of hydrogen-bond acceptors (Lipinski definition) is 4. The van der Waals surface area contributed by atoms with E-state index >= 15 is 0 Å². The number of rotatable bonds is 4. The highest BCUT2D eigenvalue weighted by molar-refractivity contribution is 5.98. The zero-order chi connectivity index (χ0) is 17.4. The second-order valence-corrected chi connectivity index (χ2v) is 6.34. The summed E-state index contributed by atoms with van der Waals surface area (Å²) in [6, 6.07) is 3.75. The van der Waals surface area contributed by atoms with Gasteiger partial charge in [-0.2, -0.15) is 0 Å². The summed E-state index contributed by atoms with van der Waals surface area (Å²) < 4.78 is 1.79. The summed E-state index contributed by atoms with van der Waals surface area (Å²) in [6.45, 7) is 3.96. The lowest BCUT2D eigenvalue weighted by atomic mass is 10.2. The van der Waals surface area contributed by atoms with Crippen molar-refractivity contribution in [2.45, 2.75) is 26.3 Å². The Morgan fingerprint density at radius 1 is 1.24 bits per heavy atom. The fourth-order valence-electron chi connectivity index (χ4n) is 3.31. The molecule has 2 aromatic heterocycles. The highest BCUT2D eigenvalue weighted by Gasteiger charge is 2.19. The van der Waals surface area contributed by atoms with Crippen molar-refractivity contribution in [2.24, 2.45) is 0 Å². The number of nitrogens with one attached hydrogen (secondary N) is 3. The molecule has 0 spiro atoms. The average Bonchev–Trinajstić information content (AvgIpc) is 3.28. The Balaban J connectivity index is 1.66. The zero-order valence-corrected chi connectivity index (χ0v) is 14.0. The molecule has 1 amide bonds. The first-order valence-electron chi connectivity index (χ1n) is 8.39. The third-order valence-electron chi connectivity index (χ3n) is 4.59. The lowest BCUT2D eigenvalue weighted by Gasteiger charge is -2.22. The van der Waals surface area contributed by atoms with Gasteiger partial charge in [0.15, 0.2) is 0 Å². The second-order valence-electron chi connectivity index (χ2n) is 6.34. The number of hydrogen-bond donors (Lipinski definition) is 3. The van der Waals surface area contributed by atoms with Crippen LogP contribution < -0.4 is 15.9 Å². The number of carbonyl (C=O) groups excluding carboxylic acids is 1. The largest absolute Gasteiger partial charge is 0.370 e. The SMILES string of the molecule is Cc1nccn1CC(=O)Nc1cc2[nH]c(=O)[nH]c2cc1N1CCCC1. The summed E-state index contributed by atoms with van der Waals surface area (Å²) >= 11 is 0. The molecule has 0 unspecified atom stereocenters. The number of imidazole rings is 2. The maximum Gasteiger partial charge on any atom is 0.323 e. The van der Waals surface area contributed by atoms with E-state index in [2.05, 4.69) is 25.2 Å². The van der Waals surface area contributed by atoms with Gasteiger partial charge in [0.25, 0.3) is 0 Å². The van der Waals surface area contributed by atoms with Crippen molar-refractivity contribution < 1.29 is 4.79 Å². The van der Waals surface area contributed by atoms with Crippen molar-refractivity contribution in [1.82, 2.24) is 19.5 Å². The minimum atomic E-state index is -0.250. The number of aromatic nitrogens is 4. The standard InChI is InChI=1S/C17H20N6O2/c1-11-18-4-7-23(11)10-16(24)19-14-8-12-13(21-17(25)20-12)9-15(14)22-5-2-3-6-22/h4,7-9H,2-3,5-6,10H2,1H3,(H,19,24)(H2,20,21,25). The molecule has 0 aliphatic carbocycles. The van der Waals surface area contributed by atoms with Gasteiger partial charge in [-0.3, -0.25) is 4.79 Å². The lowest BCUT2D eigenvalue weighted by Crippen LogP contribution is -2.23. The maximum atomic E-state index is 12.5. The number of carbonyl (C=O) groups is 1. The Hall–Kier alpha value is -3.03. The van der Waals surface area contributed by atoms with Gasteiger partial charge in [-0.1, -0.05) is 0 Å². The molecule has 3 aromatic rings. The summed E-state index contributed by atoms with van der Waals surface area (Å²) in [4.78, 5) is 36.0. The first-order chi connectivity index (χ1) is 12.1. The van der Waals surface area contributed by atoms with E-state index in [0.717, 1.165) is 43.0 Å². The third kappa shape index (κ3) is 3.02. The number of benzene rings is 1. The Morgan fingerprint density at radius 3 is 2.64 bits per heavy atom. The van der Waals surface area contributed by atoms with Gasteiger partial charge in [0.05, 0.1) is 22.4 Å². The minimum absolute atomic E-state index is 0.126. The van der Waals surface area contributed by atoms with Crippen LogP contribution in [0.3, 0.4) is 0 Å². The lowest BCUT2D eigenvalue weighted by molar-refractivity contribution is -0.116. The molecule has 1 fully saturated rings. The van der Waals surface area contributed by atoms with Gasteiger partial charge < -0.3 is 24.8 Å². The molecule has 25 heavy (non-hydrogen) atoms. The molecule has 1 aromatic carbocycles. The third-order valence-corrected chi connectivity index (χ3v) is 4.59. The molecule has 0 radical (unpaired) electrons. The van der Waals surface area contributed by atoms with Crippen LogP contribution in [0.1, 0.15) is 18.7 Å². The molecular weight excluding hydrogens is 320 g/mol. The first-order valence-corrected chi connectivity index (χ1v) is 8.39. The van der Waals surface area contributed by atoms with Gasteiger partial charge in [-0.05, 0) is 31.9 Å². The van der Waals surface area contributed by atoms with Crippen LogP contribution >= 0.6 is 0 Å². The second kappa shape index (κ2) is 6.12. The van der Waals surface area contributed by atoms with E-state index in [1.165, 1.54) is 0 Å². The number of anilines is 2. The predicted molar refractivity (Wildman–Crippen MR) is 96.0 cm³/mol. The normalized spacial score (nSPS) is 14.4. The molecule has 8 nitrogen and oxygen atoms in total. The van der Waals surface area contributed by atoms with Crippen LogP contribution in [-0.4, -0.2) is 38.5 Å². The Labute approximate surface area is 143 Å². The van der Waals surface area contributed by atoms with Gasteiger partial charge in [0.2, 0.25) is 5.91 Å². The molecule has 0 saturated carbocycles. The fourth-order valence-corrected chi connectivity index (χ4v) is 3.31. The summed E-state index contributed by atoms with van der Waals surface area (Å²) in [6.07, 6.45) is 5.71. The molecule has 1 aliphatic rings. The highest BCUT2D eigenvalue weighted by atomic mass is 16.2. The average molecular weight is 340 g/mol. The van der Waals surface area contributed by atoms with Crippen molar-refractivity contribution in [3.8, 4) is 0 Å². The topological polar surface area (TPSA) is 98.8 Å². The molecule has 1 saturated heterocycles. The van der Waals surface area contributed by atoms with Crippen LogP contribution in [-0.2, 0) is 11.3 Å². The summed E-state index contributed by atoms with van der Waals surface area (Å²) in [7, 11) is 0. The van der Waals surface area contributed by atoms with E-state index in [4.69, 9.17) is 0 Å². The van der Waals surface area contributed by atoms with Crippen molar-refractivity contribution in [1.29, 1.82) is 0 Å². The molecule has 0 bridgehead atoms. The number of aromatic amines is 2. The highest BCUT2D eigenvalue weighted by Crippen LogP contribution is 2.32. The van der Waals surface area contributed by atoms with E-state index < -0.39 is 0 Å². The molecule has 3 heterocycles. The Morgan fingerprint density at radius 2 is 1.96 bits per heavy atom. The minimum Gasteiger partial charge on any atom is -0.370 e. The number of aryl methyl sites for hydroxylation is 1. The van der Waals surface area contributed by atoms with E-state index in [9.17, 15) is 9.59 Å². The van der Waals surface area contributed by atoms with Crippen LogP contribution in [0.25, 0.3) is 11.0 Å². The predicted octanol–water partition coefficient (Wildman–Crippen LogP) is 1.60. The van der Waals surface area contributed by atoms with Gasteiger partial charge in [-0.25, -0.2) is 9.78 Å². The van der Waals surface area contributed by atoms with E-state index in [1.54, 1.807) is 17.0 Å². The first kappa shape index (κ1) is 15.5. The van der Waals surface area contributed by atoms with Gasteiger partial charge >= 0.3 is 5.69 Å². The molecule has 8 heteroatoms. The van der Waals surface area contributed by atoms with Crippen molar-refractivity contribution in [3.63, 3.8) is 0 Å². The summed E-state index contributed by atoms with van der Waals surface area (Å²) in [5.41, 5.74) is 2.83. The van der Waals surface area contributed by atoms with Crippen molar-refractivity contribution >= 4 is 28.3 Å².